The molecule has 0 unspecified atom stereocenters. The molecule has 2 aromatic rings. The van der Waals surface area contributed by atoms with Gasteiger partial charge in [0.25, 0.3) is 0 Å². The van der Waals surface area contributed by atoms with E-state index in [0.717, 1.165) is 11.3 Å². The Morgan fingerprint density at radius 3 is 2.50 bits per heavy atom. The molecule has 68 valence electrons. The van der Waals surface area contributed by atoms with E-state index in [1.54, 1.807) is 6.20 Å². The molecule has 0 atom stereocenters. The molecule has 0 aliphatic rings. The molecule has 1 aromatic heterocycles. The van der Waals surface area contributed by atoms with Crippen molar-refractivity contribution < 1.29 is 0 Å². The summed E-state index contributed by atoms with van der Waals surface area (Å²) in [6.07, 6.45) is 1.68. The largest absolute Gasteiger partial charge is 0.360 e. The Bertz CT molecular complexity index is 477. The molecule has 3 heteroatoms. The van der Waals surface area contributed by atoms with E-state index >= 15 is 0 Å². The predicted molar refractivity (Wildman–Crippen MR) is 56.0 cm³/mol. The molecule has 0 bridgehead atoms. The maximum atomic E-state index is 8.65. The highest BCUT2D eigenvalue weighted by Crippen LogP contribution is 2.20. The molecule has 2 nitrogen and oxygen atoms in total. The third-order valence-corrected chi connectivity index (χ3v) is 2.22. The zero-order chi connectivity index (χ0) is 9.97. The van der Waals surface area contributed by atoms with Crippen LogP contribution in [0.4, 0.5) is 0 Å². The second-order valence-electron chi connectivity index (χ2n) is 2.92. The molecule has 0 radical (unpaired) electrons. The molecule has 1 N–H and O–H groups in total. The van der Waals surface area contributed by atoms with Crippen LogP contribution in [0.25, 0.3) is 11.3 Å². The number of benzene rings is 1. The molecular formula is C11H7ClN2. The van der Waals surface area contributed by atoms with Crippen LogP contribution in [0.2, 0.25) is 5.02 Å². The van der Waals surface area contributed by atoms with E-state index in [1.165, 1.54) is 0 Å². The predicted octanol–water partition coefficient (Wildman–Crippen LogP) is 3.21. The maximum Gasteiger partial charge on any atom is 0.101 e. The fraction of sp³-hybridized carbons (Fsp3) is 0. The third-order valence-electron chi connectivity index (χ3n) is 1.97. The lowest BCUT2D eigenvalue weighted by Crippen LogP contribution is -1.74. The first kappa shape index (κ1) is 8.86. The summed E-state index contributed by atoms with van der Waals surface area (Å²) in [6.45, 7) is 0. The second kappa shape index (κ2) is 3.57. The summed E-state index contributed by atoms with van der Waals surface area (Å²) in [4.78, 5) is 3.03. The fourth-order valence-electron chi connectivity index (χ4n) is 1.26. The van der Waals surface area contributed by atoms with Crippen molar-refractivity contribution in [2.75, 3.05) is 0 Å². The van der Waals surface area contributed by atoms with Crippen molar-refractivity contribution >= 4 is 11.6 Å². The highest BCUT2D eigenvalue weighted by molar-refractivity contribution is 6.30. The number of H-pyrrole nitrogens is 1. The van der Waals surface area contributed by atoms with Crippen LogP contribution in [0, 0.1) is 11.3 Å². The van der Waals surface area contributed by atoms with E-state index in [0.29, 0.717) is 10.6 Å². The lowest BCUT2D eigenvalue weighted by atomic mass is 10.1. The zero-order valence-electron chi connectivity index (χ0n) is 7.29. The smallest absolute Gasteiger partial charge is 0.101 e. The van der Waals surface area contributed by atoms with Gasteiger partial charge in [-0.1, -0.05) is 23.7 Å². The molecule has 14 heavy (non-hydrogen) atoms. The van der Waals surface area contributed by atoms with E-state index in [4.69, 9.17) is 16.9 Å². The van der Waals surface area contributed by atoms with Crippen LogP contribution in [0.1, 0.15) is 5.56 Å². The number of hydrogen-bond acceptors (Lipinski definition) is 1. The van der Waals surface area contributed by atoms with Crippen LogP contribution < -0.4 is 0 Å². The molecule has 0 amide bonds. The standard InChI is InChI=1S/C11H7ClN2/c12-10-3-1-9(2-4-10)11-5-8(6-13)7-14-11/h1-5,7,14H. The number of rotatable bonds is 1. The quantitative estimate of drug-likeness (QED) is 0.758. The molecule has 0 spiro atoms. The molecule has 0 saturated carbocycles. The van der Waals surface area contributed by atoms with E-state index in [9.17, 15) is 0 Å². The van der Waals surface area contributed by atoms with Gasteiger partial charge in [0.2, 0.25) is 0 Å². The lowest BCUT2D eigenvalue weighted by molar-refractivity contribution is 1.39. The van der Waals surface area contributed by atoms with Crippen LogP contribution >= 0.6 is 11.6 Å². The summed E-state index contributed by atoms with van der Waals surface area (Å²) in [5.74, 6) is 0. The Morgan fingerprint density at radius 1 is 1.21 bits per heavy atom. The van der Waals surface area contributed by atoms with Crippen molar-refractivity contribution in [1.29, 1.82) is 5.26 Å². The SMILES string of the molecule is N#Cc1c[nH]c(-c2ccc(Cl)cc2)c1. The Morgan fingerprint density at radius 2 is 1.93 bits per heavy atom. The van der Waals surface area contributed by atoms with Gasteiger partial charge in [-0.15, -0.1) is 0 Å². The summed E-state index contributed by atoms with van der Waals surface area (Å²) in [5.41, 5.74) is 2.59. The lowest BCUT2D eigenvalue weighted by Gasteiger charge is -1.96. The van der Waals surface area contributed by atoms with Crippen molar-refractivity contribution in [1.82, 2.24) is 4.98 Å². The summed E-state index contributed by atoms with van der Waals surface area (Å²) in [5, 5.41) is 9.36. The van der Waals surface area contributed by atoms with E-state index < -0.39 is 0 Å². The summed E-state index contributed by atoms with van der Waals surface area (Å²) in [7, 11) is 0. The number of aromatic nitrogens is 1. The molecule has 0 aliphatic carbocycles. The Labute approximate surface area is 86.8 Å². The topological polar surface area (TPSA) is 39.6 Å². The molecule has 1 heterocycles. The molecule has 2 rings (SSSR count). The number of nitriles is 1. The van der Waals surface area contributed by atoms with Gasteiger partial charge in [0, 0.05) is 16.9 Å². The van der Waals surface area contributed by atoms with Crippen molar-refractivity contribution in [2.45, 2.75) is 0 Å². The number of nitrogens with one attached hydrogen (secondary N) is 1. The van der Waals surface area contributed by atoms with Crippen LogP contribution in [-0.2, 0) is 0 Å². The van der Waals surface area contributed by atoms with E-state index in [2.05, 4.69) is 11.1 Å². The van der Waals surface area contributed by atoms with Gasteiger partial charge in [-0.25, -0.2) is 0 Å². The normalized spacial score (nSPS) is 9.71. The second-order valence-corrected chi connectivity index (χ2v) is 3.36. The van der Waals surface area contributed by atoms with E-state index in [-0.39, 0.29) is 0 Å². The average Bonchev–Trinajstić information content (AvgIpc) is 2.67. The number of halogens is 1. The monoisotopic (exact) mass is 202 g/mol. The van der Waals surface area contributed by atoms with Gasteiger partial charge in [-0.2, -0.15) is 5.26 Å². The first-order chi connectivity index (χ1) is 6.79. The van der Waals surface area contributed by atoms with E-state index in [1.807, 2.05) is 30.3 Å². The van der Waals surface area contributed by atoms with Crippen LogP contribution in [-0.4, -0.2) is 4.98 Å². The Balaban J connectivity index is 2.40. The first-order valence-corrected chi connectivity index (χ1v) is 4.52. The van der Waals surface area contributed by atoms with Gasteiger partial charge in [0.05, 0.1) is 5.56 Å². The molecular weight excluding hydrogens is 196 g/mol. The number of aromatic amines is 1. The van der Waals surface area contributed by atoms with Gasteiger partial charge in [0.1, 0.15) is 6.07 Å². The van der Waals surface area contributed by atoms with Crippen LogP contribution in [0.3, 0.4) is 0 Å². The molecule has 0 aliphatic heterocycles. The van der Waals surface area contributed by atoms with Crippen molar-refractivity contribution in [3.63, 3.8) is 0 Å². The Kier molecular flexibility index (Phi) is 2.26. The van der Waals surface area contributed by atoms with Gasteiger partial charge in [0.15, 0.2) is 0 Å². The summed E-state index contributed by atoms with van der Waals surface area (Å²) >= 11 is 5.77. The molecule has 0 saturated heterocycles. The first-order valence-electron chi connectivity index (χ1n) is 4.14. The van der Waals surface area contributed by atoms with Crippen LogP contribution in [0.5, 0.6) is 0 Å². The summed E-state index contributed by atoms with van der Waals surface area (Å²) < 4.78 is 0. The maximum absolute atomic E-state index is 8.65. The number of hydrogen-bond donors (Lipinski definition) is 1. The third kappa shape index (κ3) is 1.63. The zero-order valence-corrected chi connectivity index (χ0v) is 8.05. The molecule has 1 aromatic carbocycles. The minimum Gasteiger partial charge on any atom is -0.360 e. The van der Waals surface area contributed by atoms with Crippen LogP contribution in [0.15, 0.2) is 36.5 Å². The van der Waals surface area contributed by atoms with Gasteiger partial charge in [-0.05, 0) is 23.8 Å². The Hall–Kier alpha value is -1.72. The van der Waals surface area contributed by atoms with Crippen molar-refractivity contribution in [3.8, 4) is 17.3 Å². The number of nitrogens with zero attached hydrogens (tertiary/aromatic N) is 1. The minimum absolute atomic E-state index is 0.634. The van der Waals surface area contributed by atoms with Gasteiger partial charge < -0.3 is 4.98 Å². The minimum atomic E-state index is 0.634. The highest BCUT2D eigenvalue weighted by atomic mass is 35.5. The van der Waals surface area contributed by atoms with Crippen molar-refractivity contribution in [2.24, 2.45) is 0 Å². The van der Waals surface area contributed by atoms with Gasteiger partial charge in [-0.3, -0.25) is 0 Å². The summed E-state index contributed by atoms with van der Waals surface area (Å²) in [6, 6.07) is 11.4. The van der Waals surface area contributed by atoms with Crippen molar-refractivity contribution in [3.05, 3.63) is 47.1 Å². The molecule has 0 fully saturated rings. The highest BCUT2D eigenvalue weighted by Gasteiger charge is 2.00. The van der Waals surface area contributed by atoms with Gasteiger partial charge >= 0.3 is 0 Å². The average molecular weight is 203 g/mol. The fourth-order valence-corrected chi connectivity index (χ4v) is 1.38.